The molecule has 0 aromatic heterocycles. The molecule has 0 bridgehead atoms. The normalized spacial score (nSPS) is 11.8. The maximum atomic E-state index is 9.97. The first-order valence-electron chi connectivity index (χ1n) is 2.28. The van der Waals surface area contributed by atoms with Crippen molar-refractivity contribution in [2.75, 3.05) is 11.5 Å². The van der Waals surface area contributed by atoms with E-state index >= 15 is 0 Å². The van der Waals surface area contributed by atoms with Crippen molar-refractivity contribution in [3.8, 4) is 0 Å². The summed E-state index contributed by atoms with van der Waals surface area (Å²) in [6.07, 6.45) is 0.278. The van der Waals surface area contributed by atoms with Crippen molar-refractivity contribution in [1.29, 1.82) is 0 Å². The van der Waals surface area contributed by atoms with Gasteiger partial charge in [-0.2, -0.15) is 8.42 Å². The van der Waals surface area contributed by atoms with Crippen molar-refractivity contribution in [1.82, 2.24) is 0 Å². The lowest BCUT2D eigenvalue weighted by molar-refractivity contribution is 0.482. The smallest absolute Gasteiger partial charge is 0.264 e. The Morgan fingerprint density at radius 3 is 2.33 bits per heavy atom. The summed E-state index contributed by atoms with van der Waals surface area (Å²) in [5, 5.41) is 0. The van der Waals surface area contributed by atoms with Crippen LogP contribution in [-0.4, -0.2) is 29.0 Å². The highest BCUT2D eigenvalue weighted by molar-refractivity contribution is 7.93. The first-order valence-corrected chi connectivity index (χ1v) is 4.83. The van der Waals surface area contributed by atoms with Crippen molar-refractivity contribution in [2.45, 2.75) is 6.42 Å². The van der Waals surface area contributed by atoms with Gasteiger partial charge < -0.3 is 4.55 Å². The lowest BCUT2D eigenvalue weighted by atomic mass is 10.6. The third-order valence-electron chi connectivity index (χ3n) is 0.638. The zero-order chi connectivity index (χ0) is 7.33. The van der Waals surface area contributed by atoms with Crippen molar-refractivity contribution < 1.29 is 17.5 Å². The molecule has 0 aliphatic rings. The first-order chi connectivity index (χ1) is 4.06. The zero-order valence-electron chi connectivity index (χ0n) is 4.65. The fourth-order valence-corrected chi connectivity index (χ4v) is 1.27. The third kappa shape index (κ3) is 8.22. The van der Waals surface area contributed by atoms with Gasteiger partial charge in [-0.05, 0) is 18.5 Å². The molecule has 0 amide bonds. The summed E-state index contributed by atoms with van der Waals surface area (Å²) in [6.45, 7) is 0. The average molecular weight is 172 g/mol. The molecular weight excluding hydrogens is 164 g/mol. The van der Waals surface area contributed by atoms with Crippen LogP contribution in [0.5, 0.6) is 0 Å². The SMILES string of the molecule is O=S(=O)(O)CCCSO. The van der Waals surface area contributed by atoms with Crippen LogP contribution in [0.3, 0.4) is 0 Å². The van der Waals surface area contributed by atoms with Crippen LogP contribution in [0.15, 0.2) is 0 Å². The van der Waals surface area contributed by atoms with Gasteiger partial charge in [0.2, 0.25) is 0 Å². The van der Waals surface area contributed by atoms with E-state index in [4.69, 9.17) is 9.11 Å². The van der Waals surface area contributed by atoms with E-state index in [-0.39, 0.29) is 12.2 Å². The van der Waals surface area contributed by atoms with Crippen LogP contribution in [0, 0.1) is 0 Å². The maximum absolute atomic E-state index is 9.97. The van der Waals surface area contributed by atoms with Gasteiger partial charge in [-0.3, -0.25) is 4.55 Å². The molecule has 0 unspecified atom stereocenters. The van der Waals surface area contributed by atoms with Crippen LogP contribution in [-0.2, 0) is 10.1 Å². The van der Waals surface area contributed by atoms with Gasteiger partial charge in [0.1, 0.15) is 0 Å². The molecule has 4 nitrogen and oxygen atoms in total. The van der Waals surface area contributed by atoms with Crippen LogP contribution >= 0.6 is 12.0 Å². The van der Waals surface area contributed by atoms with Crippen molar-refractivity contribution in [3.05, 3.63) is 0 Å². The molecule has 9 heavy (non-hydrogen) atoms. The lowest BCUT2D eigenvalue weighted by Crippen LogP contribution is -2.04. The number of rotatable bonds is 4. The fraction of sp³-hybridized carbons (Fsp3) is 1.00. The Morgan fingerprint density at radius 2 is 2.00 bits per heavy atom. The Kier molecular flexibility index (Phi) is 4.20. The van der Waals surface area contributed by atoms with Gasteiger partial charge in [0.25, 0.3) is 10.1 Å². The molecule has 0 aromatic rings. The van der Waals surface area contributed by atoms with Crippen LogP contribution in [0.2, 0.25) is 0 Å². The highest BCUT2D eigenvalue weighted by Crippen LogP contribution is 1.96. The highest BCUT2D eigenvalue weighted by atomic mass is 32.2. The summed E-state index contributed by atoms with van der Waals surface area (Å²) in [7, 11) is -3.82. The van der Waals surface area contributed by atoms with E-state index in [1.54, 1.807) is 0 Å². The summed E-state index contributed by atoms with van der Waals surface area (Å²) in [6, 6.07) is 0. The molecule has 0 aliphatic carbocycles. The average Bonchev–Trinajstić information content (AvgIpc) is 1.63. The summed E-state index contributed by atoms with van der Waals surface area (Å²) < 4.78 is 36.2. The fourth-order valence-electron chi connectivity index (χ4n) is 0.306. The molecule has 0 spiro atoms. The summed E-state index contributed by atoms with van der Waals surface area (Å²) in [5.74, 6) is 0.0559. The Bertz CT molecular complexity index is 149. The topological polar surface area (TPSA) is 74.6 Å². The third-order valence-corrected chi connectivity index (χ3v) is 1.91. The zero-order valence-corrected chi connectivity index (χ0v) is 6.28. The molecule has 0 aliphatic heterocycles. The van der Waals surface area contributed by atoms with E-state index in [9.17, 15) is 8.42 Å². The van der Waals surface area contributed by atoms with E-state index in [0.717, 1.165) is 0 Å². The number of hydrogen-bond acceptors (Lipinski definition) is 4. The Labute approximate surface area is 58.2 Å². The summed E-state index contributed by atoms with van der Waals surface area (Å²) in [5.41, 5.74) is 0. The Morgan fingerprint density at radius 1 is 1.44 bits per heavy atom. The second kappa shape index (κ2) is 4.10. The highest BCUT2D eigenvalue weighted by Gasteiger charge is 2.01. The van der Waals surface area contributed by atoms with E-state index < -0.39 is 10.1 Å². The summed E-state index contributed by atoms with van der Waals surface area (Å²) >= 11 is 0.567. The standard InChI is InChI=1S/C3H8O4S2/c4-8-2-1-3-9(5,6)7/h4H,1-3H2,(H,5,6,7). The Balaban J connectivity index is 3.30. The molecule has 0 rings (SSSR count). The second-order valence-corrected chi connectivity index (χ2v) is 3.71. The summed E-state index contributed by atoms with van der Waals surface area (Å²) in [4.78, 5) is 0. The van der Waals surface area contributed by atoms with Crippen LogP contribution in [0.1, 0.15) is 6.42 Å². The monoisotopic (exact) mass is 172 g/mol. The minimum absolute atomic E-state index is 0.277. The van der Waals surface area contributed by atoms with Crippen molar-refractivity contribution >= 4 is 22.2 Å². The van der Waals surface area contributed by atoms with Gasteiger partial charge >= 0.3 is 0 Å². The molecule has 0 aromatic carbocycles. The van der Waals surface area contributed by atoms with Crippen molar-refractivity contribution in [3.63, 3.8) is 0 Å². The minimum atomic E-state index is -3.82. The van der Waals surface area contributed by atoms with E-state index in [1.165, 1.54) is 0 Å². The maximum Gasteiger partial charge on any atom is 0.264 e. The predicted molar refractivity (Wildman–Crippen MR) is 36.1 cm³/mol. The van der Waals surface area contributed by atoms with Gasteiger partial charge in [-0.25, -0.2) is 0 Å². The molecule has 6 heteroatoms. The molecule has 56 valence electrons. The quantitative estimate of drug-likeness (QED) is 0.366. The molecule has 0 saturated heterocycles. The van der Waals surface area contributed by atoms with Crippen LogP contribution < -0.4 is 0 Å². The van der Waals surface area contributed by atoms with Gasteiger partial charge in [-0.1, -0.05) is 0 Å². The van der Waals surface area contributed by atoms with Gasteiger partial charge in [0, 0.05) is 5.75 Å². The molecule has 0 fully saturated rings. The van der Waals surface area contributed by atoms with Crippen LogP contribution in [0.25, 0.3) is 0 Å². The molecule has 0 heterocycles. The first kappa shape index (κ1) is 9.22. The lowest BCUT2D eigenvalue weighted by Gasteiger charge is -1.92. The number of hydrogen-bond donors (Lipinski definition) is 2. The molecular formula is C3H8O4S2. The van der Waals surface area contributed by atoms with Gasteiger partial charge in [-0.15, -0.1) is 0 Å². The van der Waals surface area contributed by atoms with Crippen molar-refractivity contribution in [2.24, 2.45) is 0 Å². The van der Waals surface area contributed by atoms with Gasteiger partial charge in [0.05, 0.1) is 5.75 Å². The second-order valence-electron chi connectivity index (χ2n) is 1.47. The van der Waals surface area contributed by atoms with E-state index in [2.05, 4.69) is 0 Å². The Hall–Kier alpha value is 0.220. The molecule has 0 atom stereocenters. The largest absolute Gasteiger partial charge is 0.330 e. The predicted octanol–water partition coefficient (Wildman–Crippen LogP) is 0.471. The minimum Gasteiger partial charge on any atom is -0.330 e. The van der Waals surface area contributed by atoms with E-state index in [0.29, 0.717) is 17.8 Å². The van der Waals surface area contributed by atoms with E-state index in [1.807, 2.05) is 0 Å². The van der Waals surface area contributed by atoms with Crippen LogP contribution in [0.4, 0.5) is 0 Å². The molecule has 2 N–H and O–H groups in total. The molecule has 0 radical (unpaired) electrons. The molecule has 0 saturated carbocycles. The van der Waals surface area contributed by atoms with Gasteiger partial charge in [0.15, 0.2) is 0 Å².